The Morgan fingerprint density at radius 2 is 1.49 bits per heavy atom. The van der Waals surface area contributed by atoms with Gasteiger partial charge in [-0.15, -0.1) is 0 Å². The molecule has 0 aromatic heterocycles. The summed E-state index contributed by atoms with van der Waals surface area (Å²) in [5.41, 5.74) is 2.31. The fourth-order valence-electron chi connectivity index (χ4n) is 11.8. The van der Waals surface area contributed by atoms with Crippen LogP contribution in [0.3, 0.4) is 0 Å². The van der Waals surface area contributed by atoms with Crippen LogP contribution in [-0.2, 0) is 9.53 Å². The van der Waals surface area contributed by atoms with Crippen LogP contribution in [0.5, 0.6) is 0 Å². The predicted molar refractivity (Wildman–Crippen MR) is 141 cm³/mol. The Morgan fingerprint density at radius 1 is 0.800 bits per heavy atom. The van der Waals surface area contributed by atoms with Crippen LogP contribution in [0, 0.1) is 56.7 Å². The monoisotopic (exact) mass is 484 g/mol. The van der Waals surface area contributed by atoms with Crippen molar-refractivity contribution in [1.29, 1.82) is 0 Å². The second kappa shape index (κ2) is 7.61. The van der Waals surface area contributed by atoms with Crippen LogP contribution in [0.4, 0.5) is 0 Å². The van der Waals surface area contributed by atoms with E-state index < -0.39 is 11.2 Å². The zero-order valence-corrected chi connectivity index (χ0v) is 23.9. The van der Waals surface area contributed by atoms with E-state index in [9.17, 15) is 9.90 Å². The number of rotatable bonds is 2. The Bertz CT molecular complexity index is 922. The zero-order chi connectivity index (χ0) is 25.8. The molecular weight excluding hydrogens is 432 g/mol. The third kappa shape index (κ3) is 3.15. The van der Waals surface area contributed by atoms with Gasteiger partial charge in [0, 0.05) is 18.8 Å². The molecule has 3 heteroatoms. The summed E-state index contributed by atoms with van der Waals surface area (Å²) < 4.78 is 5.66. The summed E-state index contributed by atoms with van der Waals surface area (Å²) in [6.45, 7) is 23.0. The molecule has 5 rings (SSSR count). The third-order valence-electron chi connectivity index (χ3n) is 13.9. The second-order valence-corrected chi connectivity index (χ2v) is 15.4. The van der Waals surface area contributed by atoms with Gasteiger partial charge >= 0.3 is 5.97 Å². The first-order valence-corrected chi connectivity index (χ1v) is 14.6. The molecule has 5 aliphatic carbocycles. The Labute approximate surface area is 214 Å². The molecule has 198 valence electrons. The van der Waals surface area contributed by atoms with Crippen molar-refractivity contribution in [2.75, 3.05) is 0 Å². The number of ether oxygens (including phenoxy) is 1. The van der Waals surface area contributed by atoms with E-state index in [0.29, 0.717) is 40.4 Å². The molecule has 5 aliphatic rings. The summed E-state index contributed by atoms with van der Waals surface area (Å²) in [7, 11) is 0. The van der Waals surface area contributed by atoms with Gasteiger partial charge in [-0.25, -0.2) is 0 Å². The Morgan fingerprint density at radius 3 is 2.11 bits per heavy atom. The normalized spacial score (nSPS) is 54.6. The lowest BCUT2D eigenvalue weighted by Crippen LogP contribution is -2.68. The summed E-state index contributed by atoms with van der Waals surface area (Å²) in [5, 5.41) is 11.6. The summed E-state index contributed by atoms with van der Waals surface area (Å²) >= 11 is 0. The fraction of sp³-hybridized carbons (Fsp3) is 0.906. The lowest BCUT2D eigenvalue weighted by molar-refractivity contribution is -0.324. The number of esters is 1. The largest absolute Gasteiger partial charge is 0.433 e. The molecule has 5 saturated carbocycles. The minimum absolute atomic E-state index is 0.168. The summed E-state index contributed by atoms with van der Waals surface area (Å²) in [5.74, 6) is 1.57. The minimum atomic E-state index is -1.36. The molecule has 0 aromatic carbocycles. The van der Waals surface area contributed by atoms with E-state index in [1.54, 1.807) is 0 Å². The van der Waals surface area contributed by atoms with Gasteiger partial charge in [0.15, 0.2) is 0 Å². The number of allylic oxidation sites excluding steroid dienone is 1. The van der Waals surface area contributed by atoms with Crippen molar-refractivity contribution >= 4 is 5.97 Å². The van der Waals surface area contributed by atoms with E-state index in [-0.39, 0.29) is 11.4 Å². The van der Waals surface area contributed by atoms with Gasteiger partial charge in [0.05, 0.1) is 0 Å². The van der Waals surface area contributed by atoms with Crippen LogP contribution in [0.25, 0.3) is 0 Å². The van der Waals surface area contributed by atoms with E-state index in [4.69, 9.17) is 4.74 Å². The van der Waals surface area contributed by atoms with Crippen LogP contribution < -0.4 is 0 Å². The van der Waals surface area contributed by atoms with E-state index in [1.807, 2.05) is 0 Å². The number of carbonyl (C=O) groups is 1. The van der Waals surface area contributed by atoms with E-state index in [1.165, 1.54) is 57.4 Å². The Hall–Kier alpha value is -0.830. The first-order chi connectivity index (χ1) is 16.1. The van der Waals surface area contributed by atoms with Gasteiger partial charge < -0.3 is 9.84 Å². The van der Waals surface area contributed by atoms with Crippen molar-refractivity contribution in [2.45, 2.75) is 125 Å². The maximum absolute atomic E-state index is 11.9. The van der Waals surface area contributed by atoms with Crippen LogP contribution in [0.1, 0.15) is 120 Å². The summed E-state index contributed by atoms with van der Waals surface area (Å²) in [4.78, 5) is 11.9. The highest BCUT2D eigenvalue weighted by Crippen LogP contribution is 2.78. The van der Waals surface area contributed by atoms with Crippen LogP contribution in [0.2, 0.25) is 0 Å². The molecule has 0 radical (unpaired) electrons. The first-order valence-electron chi connectivity index (χ1n) is 14.6. The topological polar surface area (TPSA) is 46.5 Å². The lowest BCUT2D eigenvalue weighted by Gasteiger charge is -2.73. The van der Waals surface area contributed by atoms with Crippen LogP contribution >= 0.6 is 0 Å². The maximum Gasteiger partial charge on any atom is 0.305 e. The Balaban J connectivity index is 1.52. The van der Waals surface area contributed by atoms with E-state index in [2.05, 4.69) is 55.0 Å². The molecular formula is C32H52O3. The molecule has 5 fully saturated rings. The van der Waals surface area contributed by atoms with Gasteiger partial charge in [0.1, 0.15) is 0 Å². The molecule has 0 bridgehead atoms. The average molecular weight is 485 g/mol. The minimum Gasteiger partial charge on any atom is -0.433 e. The van der Waals surface area contributed by atoms with Crippen molar-refractivity contribution < 1.29 is 14.6 Å². The molecule has 35 heavy (non-hydrogen) atoms. The molecule has 0 aromatic rings. The molecule has 0 spiro atoms. The van der Waals surface area contributed by atoms with Crippen LogP contribution in [0.15, 0.2) is 12.2 Å². The van der Waals surface area contributed by atoms with Crippen molar-refractivity contribution in [3.8, 4) is 0 Å². The van der Waals surface area contributed by atoms with Crippen molar-refractivity contribution in [2.24, 2.45) is 56.7 Å². The zero-order valence-electron chi connectivity index (χ0n) is 23.9. The van der Waals surface area contributed by atoms with Crippen LogP contribution in [-0.4, -0.2) is 16.9 Å². The molecule has 0 aliphatic heterocycles. The smallest absolute Gasteiger partial charge is 0.305 e. The molecule has 0 saturated heterocycles. The average Bonchev–Trinajstić information content (AvgIpc) is 3.09. The van der Waals surface area contributed by atoms with Crippen molar-refractivity contribution in [1.82, 2.24) is 0 Å². The van der Waals surface area contributed by atoms with Gasteiger partial charge in [-0.2, -0.15) is 0 Å². The summed E-state index contributed by atoms with van der Waals surface area (Å²) in [6.07, 6.45) is 11.9. The molecule has 0 amide bonds. The molecule has 3 nitrogen and oxygen atoms in total. The third-order valence-corrected chi connectivity index (χ3v) is 13.9. The van der Waals surface area contributed by atoms with Gasteiger partial charge in [0.25, 0.3) is 0 Å². The van der Waals surface area contributed by atoms with Crippen molar-refractivity contribution in [3.63, 3.8) is 0 Å². The molecule has 10 atom stereocenters. The van der Waals surface area contributed by atoms with Gasteiger partial charge in [0.2, 0.25) is 5.79 Å². The molecule has 0 heterocycles. The Kier molecular flexibility index (Phi) is 5.61. The first kappa shape index (κ1) is 25.8. The standard InChI is InChI=1S/C32H52O3/c1-20(2)22-12-14-28(6)16-18-30(8)23(26(22)28)10-11-25-29(7)17-19-32(34,35-21(3)33)27(4,5)24(29)13-15-31(25,30)9/h22-26,34H,1,10-19H2,2-9H3/t22-,23+,24-,25+,26+,28+,29-,30+,31+,32-/m0/s1. The quantitative estimate of drug-likeness (QED) is 0.246. The highest BCUT2D eigenvalue weighted by Gasteiger charge is 2.72. The van der Waals surface area contributed by atoms with Crippen molar-refractivity contribution in [3.05, 3.63) is 12.2 Å². The molecule has 1 N–H and O–H groups in total. The summed E-state index contributed by atoms with van der Waals surface area (Å²) in [6, 6.07) is 0. The number of hydrogen-bond acceptors (Lipinski definition) is 3. The van der Waals surface area contributed by atoms with E-state index in [0.717, 1.165) is 24.7 Å². The highest BCUT2D eigenvalue weighted by molar-refractivity contribution is 5.66. The predicted octanol–water partition coefficient (Wildman–Crippen LogP) is 7.92. The second-order valence-electron chi connectivity index (χ2n) is 15.4. The number of carbonyl (C=O) groups excluding carboxylic acids is 1. The lowest BCUT2D eigenvalue weighted by atomic mass is 9.32. The number of hydrogen-bond donors (Lipinski definition) is 1. The van der Waals surface area contributed by atoms with Gasteiger partial charge in [-0.05, 0) is 116 Å². The van der Waals surface area contributed by atoms with Gasteiger partial charge in [-0.1, -0.05) is 53.7 Å². The SMILES string of the molecule is C=C(C)[C@@H]1CC[C@]2(C)CC[C@]3(C)[C@H](CC[C@@H]4[C@@]5(C)CC[C@](O)(OC(C)=O)C(C)(C)[C@@H]5CC[C@]43C)[C@@H]12. The maximum atomic E-state index is 11.9. The number of aliphatic hydroxyl groups is 1. The van der Waals surface area contributed by atoms with E-state index >= 15 is 0 Å². The molecule has 0 unspecified atom stereocenters. The number of fused-ring (bicyclic) bond motifs is 7. The fourth-order valence-corrected chi connectivity index (χ4v) is 11.8. The highest BCUT2D eigenvalue weighted by atomic mass is 16.7. The van der Waals surface area contributed by atoms with Gasteiger partial charge in [-0.3, -0.25) is 4.79 Å².